The third kappa shape index (κ3) is 13.4. The number of carbonyl (C=O) groups excluding carboxylic acids is 2. The Morgan fingerprint density at radius 2 is 1.78 bits per heavy atom. The Labute approximate surface area is 227 Å². The summed E-state index contributed by atoms with van der Waals surface area (Å²) in [4.78, 5) is 35.6. The Hall–Kier alpha value is -2.77. The van der Waals surface area contributed by atoms with Gasteiger partial charge in [0.15, 0.2) is 6.29 Å². The van der Waals surface area contributed by atoms with Crippen molar-refractivity contribution in [1.82, 2.24) is 10.6 Å². The average Bonchev–Trinajstić information content (AvgIpc) is 3.14. The Kier molecular flexibility index (Phi) is 16.3. The molecule has 1 amide bonds. The van der Waals surface area contributed by atoms with Crippen molar-refractivity contribution in [2.24, 2.45) is 10.4 Å². The summed E-state index contributed by atoms with van der Waals surface area (Å²) in [5, 5.41) is 14.4. The van der Waals surface area contributed by atoms with E-state index in [2.05, 4.69) is 66.7 Å². The van der Waals surface area contributed by atoms with Crippen molar-refractivity contribution in [2.75, 3.05) is 13.1 Å². The average molecular weight is 534 g/mol. The molecule has 1 unspecified atom stereocenters. The maximum absolute atomic E-state index is 11.7. The van der Waals surface area contributed by atoms with Crippen LogP contribution >= 0.6 is 11.6 Å². The van der Waals surface area contributed by atoms with Gasteiger partial charge in [0.2, 0.25) is 6.41 Å². The number of nitrogens with zero attached hydrogens (tertiary/aromatic N) is 1. The first kappa shape index (κ1) is 34.2. The molecule has 0 saturated carbocycles. The fourth-order valence-corrected chi connectivity index (χ4v) is 3.89. The van der Waals surface area contributed by atoms with Gasteiger partial charge in [-0.15, -0.1) is 0 Å². The van der Waals surface area contributed by atoms with Gasteiger partial charge in [0.1, 0.15) is 11.4 Å². The number of carboxylic acid groups (broad SMARTS) is 1. The number of nitrogens with one attached hydrogen (secondary N) is 2. The molecule has 1 atom stereocenters. The third-order valence-electron chi connectivity index (χ3n) is 5.54. The SMILES string of the molecule is CC.CCCC1(C)C=C(/C(C=O)=N/C(C)(C)NCCc2ccc(C)cc2)C=C1Cl.O=CNCCC(=O)O. The van der Waals surface area contributed by atoms with Gasteiger partial charge < -0.3 is 10.4 Å². The highest BCUT2D eigenvalue weighted by Crippen LogP contribution is 2.42. The van der Waals surface area contributed by atoms with Gasteiger partial charge in [0.05, 0.1) is 6.42 Å². The number of carbonyl (C=O) groups is 3. The predicted octanol–water partition coefficient (Wildman–Crippen LogP) is 5.61. The zero-order valence-corrected chi connectivity index (χ0v) is 24.1. The van der Waals surface area contributed by atoms with E-state index in [0.29, 0.717) is 12.1 Å². The van der Waals surface area contributed by atoms with E-state index in [4.69, 9.17) is 16.7 Å². The van der Waals surface area contributed by atoms with Gasteiger partial charge in [-0.2, -0.15) is 0 Å². The van der Waals surface area contributed by atoms with Crippen molar-refractivity contribution >= 4 is 36.0 Å². The second-order valence-electron chi connectivity index (χ2n) is 9.31. The molecule has 37 heavy (non-hydrogen) atoms. The van der Waals surface area contributed by atoms with Crippen LogP contribution in [0.1, 0.15) is 71.9 Å². The van der Waals surface area contributed by atoms with Crippen molar-refractivity contribution in [3.8, 4) is 0 Å². The topological polar surface area (TPSA) is 108 Å². The maximum atomic E-state index is 11.7. The summed E-state index contributed by atoms with van der Waals surface area (Å²) in [5.74, 6) is -0.903. The Balaban J connectivity index is 0.00000111. The van der Waals surface area contributed by atoms with Gasteiger partial charge in [-0.3, -0.25) is 24.7 Å². The number of hydrogen-bond donors (Lipinski definition) is 3. The first-order chi connectivity index (χ1) is 17.5. The summed E-state index contributed by atoms with van der Waals surface area (Å²) >= 11 is 6.45. The third-order valence-corrected chi connectivity index (χ3v) is 6.08. The number of carboxylic acids is 1. The first-order valence-corrected chi connectivity index (χ1v) is 13.2. The molecule has 3 N–H and O–H groups in total. The van der Waals surface area contributed by atoms with Crippen molar-refractivity contribution in [1.29, 1.82) is 0 Å². The van der Waals surface area contributed by atoms with Crippen LogP contribution in [0, 0.1) is 12.3 Å². The van der Waals surface area contributed by atoms with Crippen LogP contribution < -0.4 is 10.6 Å². The highest BCUT2D eigenvalue weighted by Gasteiger charge is 2.31. The number of benzene rings is 1. The molecule has 2 rings (SSSR count). The molecule has 1 aromatic rings. The zero-order valence-electron chi connectivity index (χ0n) is 23.4. The fraction of sp³-hybridized carbons (Fsp3) is 0.517. The number of hydrogen-bond acceptors (Lipinski definition) is 5. The Bertz CT molecular complexity index is 952. The maximum Gasteiger partial charge on any atom is 0.305 e. The summed E-state index contributed by atoms with van der Waals surface area (Å²) in [6, 6.07) is 8.54. The van der Waals surface area contributed by atoms with E-state index in [9.17, 15) is 14.4 Å². The molecule has 7 nitrogen and oxygen atoms in total. The number of aliphatic imine (C=N–C) groups is 1. The lowest BCUT2D eigenvalue weighted by Gasteiger charge is -2.23. The van der Waals surface area contributed by atoms with E-state index in [-0.39, 0.29) is 18.4 Å². The second kappa shape index (κ2) is 17.6. The molecule has 0 heterocycles. The van der Waals surface area contributed by atoms with Crippen LogP contribution in [-0.4, -0.2) is 48.2 Å². The van der Waals surface area contributed by atoms with Gasteiger partial charge in [-0.25, -0.2) is 0 Å². The molecular formula is C29H44ClN3O4. The lowest BCUT2D eigenvalue weighted by molar-refractivity contribution is -0.136. The monoisotopic (exact) mass is 533 g/mol. The molecule has 1 aliphatic carbocycles. The predicted molar refractivity (Wildman–Crippen MR) is 153 cm³/mol. The molecular weight excluding hydrogens is 490 g/mol. The molecule has 8 heteroatoms. The van der Waals surface area contributed by atoms with E-state index in [1.807, 2.05) is 33.8 Å². The highest BCUT2D eigenvalue weighted by atomic mass is 35.5. The molecule has 1 aliphatic rings. The first-order valence-electron chi connectivity index (χ1n) is 12.8. The number of amides is 1. The summed E-state index contributed by atoms with van der Waals surface area (Å²) < 4.78 is 0. The van der Waals surface area contributed by atoms with Crippen LogP contribution in [0.3, 0.4) is 0 Å². The molecule has 0 fully saturated rings. The van der Waals surface area contributed by atoms with E-state index >= 15 is 0 Å². The largest absolute Gasteiger partial charge is 0.481 e. The number of aldehydes is 1. The van der Waals surface area contributed by atoms with Crippen molar-refractivity contribution in [2.45, 2.75) is 79.8 Å². The normalized spacial score (nSPS) is 16.8. The lowest BCUT2D eigenvalue weighted by atomic mass is 9.87. The van der Waals surface area contributed by atoms with E-state index in [1.165, 1.54) is 11.1 Å². The van der Waals surface area contributed by atoms with E-state index in [1.54, 1.807) is 0 Å². The highest BCUT2D eigenvalue weighted by molar-refractivity contribution is 6.39. The fourth-order valence-electron chi connectivity index (χ4n) is 3.62. The second-order valence-corrected chi connectivity index (χ2v) is 9.72. The standard InChI is InChI=1S/C23H31ClN2O.C4H7NO3.C2H6/c1-6-12-23(5)15-19(14-21(23)24)20(16-27)26-22(3,4)25-13-11-18-9-7-17(2)8-10-18;6-3-5-2-1-4(7)8;1-2/h7-10,14-16,25H,6,11-13H2,1-5H3;3H,1-2H2,(H,5,6)(H,7,8);1-2H3/b26-20+;;. The molecule has 206 valence electrons. The number of rotatable bonds is 13. The molecule has 0 saturated heterocycles. The van der Waals surface area contributed by atoms with E-state index in [0.717, 1.165) is 42.7 Å². The number of allylic oxidation sites excluding steroid dienone is 4. The van der Waals surface area contributed by atoms with Gasteiger partial charge >= 0.3 is 5.97 Å². The van der Waals surface area contributed by atoms with Crippen molar-refractivity contribution in [3.63, 3.8) is 0 Å². The smallest absolute Gasteiger partial charge is 0.305 e. The molecule has 0 aliphatic heterocycles. The number of aryl methyl sites for hydroxylation is 1. The van der Waals surface area contributed by atoms with Crippen LogP contribution in [0.5, 0.6) is 0 Å². The Morgan fingerprint density at radius 1 is 1.16 bits per heavy atom. The minimum Gasteiger partial charge on any atom is -0.481 e. The molecule has 0 spiro atoms. The lowest BCUT2D eigenvalue weighted by Crippen LogP contribution is -2.39. The minimum absolute atomic E-state index is 0.0151. The van der Waals surface area contributed by atoms with Crippen LogP contribution in [0.2, 0.25) is 0 Å². The molecule has 0 aromatic heterocycles. The van der Waals surface area contributed by atoms with Crippen molar-refractivity contribution in [3.05, 3.63) is 58.1 Å². The Morgan fingerprint density at radius 3 is 2.30 bits per heavy atom. The zero-order chi connectivity index (χ0) is 28.5. The summed E-state index contributed by atoms with van der Waals surface area (Å²) in [7, 11) is 0. The van der Waals surface area contributed by atoms with Crippen LogP contribution in [0.25, 0.3) is 0 Å². The summed E-state index contributed by atoms with van der Waals surface area (Å²) in [6.45, 7) is 15.3. The minimum atomic E-state index is -0.903. The molecule has 0 bridgehead atoms. The van der Waals surface area contributed by atoms with E-state index < -0.39 is 11.6 Å². The van der Waals surface area contributed by atoms with Gasteiger partial charge in [-0.05, 0) is 45.3 Å². The van der Waals surface area contributed by atoms with Gasteiger partial charge in [0.25, 0.3) is 0 Å². The molecule has 1 aromatic carbocycles. The number of halogens is 1. The quantitative estimate of drug-likeness (QED) is 0.174. The number of aliphatic carboxylic acids is 1. The van der Waals surface area contributed by atoms with Crippen molar-refractivity contribution < 1.29 is 19.5 Å². The van der Waals surface area contributed by atoms with Crippen LogP contribution in [0.4, 0.5) is 0 Å². The summed E-state index contributed by atoms with van der Waals surface area (Å²) in [6.07, 6.45) is 8.15. The van der Waals surface area contributed by atoms with Gasteiger partial charge in [-0.1, -0.05) is 81.6 Å². The summed E-state index contributed by atoms with van der Waals surface area (Å²) in [5.41, 5.74) is 3.08. The van der Waals surface area contributed by atoms with Crippen LogP contribution in [-0.2, 0) is 20.8 Å². The van der Waals surface area contributed by atoms with Gasteiger partial charge in [0, 0.05) is 29.1 Å². The van der Waals surface area contributed by atoms with Crippen LogP contribution in [0.15, 0.2) is 52.0 Å². The molecule has 0 radical (unpaired) electrons.